The number of hydrogen-bond donors (Lipinski definition) is 2. The van der Waals surface area contributed by atoms with Crippen molar-refractivity contribution in [2.75, 3.05) is 6.54 Å². The van der Waals surface area contributed by atoms with Crippen LogP contribution < -0.4 is 11.1 Å². The van der Waals surface area contributed by atoms with E-state index in [9.17, 15) is 4.79 Å². The zero-order valence-electron chi connectivity index (χ0n) is 12.1. The topological polar surface area (TPSA) is 55.1 Å². The lowest BCUT2D eigenvalue weighted by Gasteiger charge is -2.29. The zero-order chi connectivity index (χ0) is 14.6. The largest absolute Gasteiger partial charge is 0.347 e. The summed E-state index contributed by atoms with van der Waals surface area (Å²) in [7, 11) is 0. The van der Waals surface area contributed by atoms with Crippen molar-refractivity contribution in [2.45, 2.75) is 32.2 Å². The van der Waals surface area contributed by atoms with Crippen LogP contribution in [0, 0.1) is 0 Å². The van der Waals surface area contributed by atoms with Gasteiger partial charge in [0, 0.05) is 11.1 Å². The molecule has 1 atom stereocenters. The van der Waals surface area contributed by atoms with E-state index in [-0.39, 0.29) is 11.4 Å². The van der Waals surface area contributed by atoms with Crippen LogP contribution in [0.4, 0.5) is 0 Å². The molecule has 0 aliphatic rings. The second kappa shape index (κ2) is 6.06. The number of fused-ring (bicyclic) bond motifs is 1. The van der Waals surface area contributed by atoms with Gasteiger partial charge in [-0.05, 0) is 49.2 Å². The summed E-state index contributed by atoms with van der Waals surface area (Å²) in [4.78, 5) is 12.4. The molecule has 0 fully saturated rings. The molecule has 0 saturated carbocycles. The molecule has 20 heavy (non-hydrogen) atoms. The summed E-state index contributed by atoms with van der Waals surface area (Å²) in [5, 5.41) is 5.33. The third-order valence-electron chi connectivity index (χ3n) is 3.90. The quantitative estimate of drug-likeness (QED) is 0.877. The number of carbonyl (C=O) groups is 1. The van der Waals surface area contributed by atoms with Crippen LogP contribution in [0.25, 0.3) is 10.8 Å². The maximum atomic E-state index is 12.4. The van der Waals surface area contributed by atoms with Crippen molar-refractivity contribution in [3.05, 3.63) is 48.0 Å². The Bertz CT molecular complexity index is 609. The Hall–Kier alpha value is -1.87. The second-order valence-corrected chi connectivity index (χ2v) is 5.47. The van der Waals surface area contributed by atoms with Gasteiger partial charge < -0.3 is 11.1 Å². The second-order valence-electron chi connectivity index (χ2n) is 5.47. The van der Waals surface area contributed by atoms with Crippen molar-refractivity contribution >= 4 is 16.7 Å². The molecule has 0 aliphatic carbocycles. The van der Waals surface area contributed by atoms with Crippen molar-refractivity contribution in [2.24, 2.45) is 5.73 Å². The number of hydrogen-bond acceptors (Lipinski definition) is 2. The SMILES string of the molecule is CCC(C)(CCN)NC(=O)c1ccc2ccccc2c1. The molecule has 1 unspecified atom stereocenters. The summed E-state index contributed by atoms with van der Waals surface area (Å²) in [5.74, 6) is -0.0337. The fraction of sp³-hybridized carbons (Fsp3) is 0.353. The Labute approximate surface area is 120 Å². The van der Waals surface area contributed by atoms with E-state index in [1.807, 2.05) is 49.4 Å². The number of nitrogens with two attached hydrogens (primary N) is 1. The van der Waals surface area contributed by atoms with Gasteiger partial charge in [0.1, 0.15) is 0 Å². The van der Waals surface area contributed by atoms with E-state index in [0.29, 0.717) is 12.1 Å². The first-order chi connectivity index (χ1) is 9.58. The Morgan fingerprint density at radius 1 is 1.20 bits per heavy atom. The third-order valence-corrected chi connectivity index (χ3v) is 3.90. The first kappa shape index (κ1) is 14.5. The maximum Gasteiger partial charge on any atom is 0.251 e. The highest BCUT2D eigenvalue weighted by Gasteiger charge is 2.23. The van der Waals surface area contributed by atoms with Crippen molar-refractivity contribution in [3.8, 4) is 0 Å². The molecular weight excluding hydrogens is 248 g/mol. The van der Waals surface area contributed by atoms with Crippen molar-refractivity contribution in [3.63, 3.8) is 0 Å². The molecule has 3 heteroatoms. The lowest BCUT2D eigenvalue weighted by Crippen LogP contribution is -2.46. The highest BCUT2D eigenvalue weighted by Crippen LogP contribution is 2.18. The predicted octanol–water partition coefficient (Wildman–Crippen LogP) is 3.09. The highest BCUT2D eigenvalue weighted by molar-refractivity contribution is 5.98. The Morgan fingerprint density at radius 3 is 2.55 bits per heavy atom. The van der Waals surface area contributed by atoms with Gasteiger partial charge in [0.15, 0.2) is 0 Å². The van der Waals surface area contributed by atoms with Gasteiger partial charge in [0.05, 0.1) is 0 Å². The van der Waals surface area contributed by atoms with Crippen LogP contribution in [0.2, 0.25) is 0 Å². The number of benzene rings is 2. The molecule has 1 amide bonds. The molecule has 3 N–H and O–H groups in total. The average molecular weight is 270 g/mol. The molecule has 3 nitrogen and oxygen atoms in total. The Balaban J connectivity index is 2.22. The molecule has 2 aromatic carbocycles. The summed E-state index contributed by atoms with van der Waals surface area (Å²) in [5.41, 5.74) is 6.08. The molecule has 106 valence electrons. The van der Waals surface area contributed by atoms with Gasteiger partial charge in [0.2, 0.25) is 0 Å². The Kier molecular flexibility index (Phi) is 4.40. The monoisotopic (exact) mass is 270 g/mol. The fourth-order valence-electron chi connectivity index (χ4n) is 2.32. The van der Waals surface area contributed by atoms with Crippen LogP contribution in [0.15, 0.2) is 42.5 Å². The number of amides is 1. The van der Waals surface area contributed by atoms with E-state index >= 15 is 0 Å². The highest BCUT2D eigenvalue weighted by atomic mass is 16.1. The molecular formula is C17H22N2O. The van der Waals surface area contributed by atoms with E-state index in [4.69, 9.17) is 5.73 Å². The number of carbonyl (C=O) groups excluding carboxylic acids is 1. The van der Waals surface area contributed by atoms with Crippen LogP contribution in [0.3, 0.4) is 0 Å². The summed E-state index contributed by atoms with van der Waals surface area (Å²) in [6, 6.07) is 13.8. The molecule has 0 aliphatic heterocycles. The van der Waals surface area contributed by atoms with Gasteiger partial charge >= 0.3 is 0 Å². The minimum Gasteiger partial charge on any atom is -0.347 e. The van der Waals surface area contributed by atoms with Crippen LogP contribution in [0.5, 0.6) is 0 Å². The zero-order valence-corrected chi connectivity index (χ0v) is 12.1. The smallest absolute Gasteiger partial charge is 0.251 e. The van der Waals surface area contributed by atoms with Crippen molar-refractivity contribution in [1.82, 2.24) is 5.32 Å². The maximum absolute atomic E-state index is 12.4. The normalized spacial score (nSPS) is 13.9. The lowest BCUT2D eigenvalue weighted by molar-refractivity contribution is 0.0900. The average Bonchev–Trinajstić information content (AvgIpc) is 2.47. The molecule has 0 bridgehead atoms. The van der Waals surface area contributed by atoms with Crippen LogP contribution >= 0.6 is 0 Å². The molecule has 2 rings (SSSR count). The van der Waals surface area contributed by atoms with Crippen molar-refractivity contribution in [1.29, 1.82) is 0 Å². The molecule has 2 aromatic rings. The molecule has 0 heterocycles. The summed E-state index contributed by atoms with van der Waals surface area (Å²) >= 11 is 0. The van der Waals surface area contributed by atoms with E-state index in [1.54, 1.807) is 0 Å². The third kappa shape index (κ3) is 3.17. The minimum atomic E-state index is -0.239. The standard InChI is InChI=1S/C17H22N2O/c1-3-17(2,10-11-18)19-16(20)15-9-8-13-6-4-5-7-14(13)12-15/h4-9,12H,3,10-11,18H2,1-2H3,(H,19,20). The van der Waals surface area contributed by atoms with Gasteiger partial charge in [-0.25, -0.2) is 0 Å². The van der Waals surface area contributed by atoms with Crippen LogP contribution in [-0.4, -0.2) is 18.0 Å². The molecule has 0 radical (unpaired) electrons. The van der Waals surface area contributed by atoms with E-state index in [1.165, 1.54) is 0 Å². The molecule has 0 aromatic heterocycles. The van der Waals surface area contributed by atoms with Gasteiger partial charge in [-0.15, -0.1) is 0 Å². The van der Waals surface area contributed by atoms with Gasteiger partial charge in [0.25, 0.3) is 5.91 Å². The van der Waals surface area contributed by atoms with Crippen LogP contribution in [-0.2, 0) is 0 Å². The first-order valence-corrected chi connectivity index (χ1v) is 7.09. The lowest BCUT2D eigenvalue weighted by atomic mass is 9.94. The van der Waals surface area contributed by atoms with Crippen molar-refractivity contribution < 1.29 is 4.79 Å². The van der Waals surface area contributed by atoms with Gasteiger partial charge in [-0.3, -0.25) is 4.79 Å². The number of nitrogens with one attached hydrogen (secondary N) is 1. The summed E-state index contributed by atoms with van der Waals surface area (Å²) in [6.07, 6.45) is 1.65. The van der Waals surface area contributed by atoms with Gasteiger partial charge in [-0.2, -0.15) is 0 Å². The fourth-order valence-corrected chi connectivity index (χ4v) is 2.32. The molecule has 0 saturated heterocycles. The summed E-state index contributed by atoms with van der Waals surface area (Å²) in [6.45, 7) is 4.68. The van der Waals surface area contributed by atoms with Gasteiger partial charge in [-0.1, -0.05) is 37.3 Å². The van der Waals surface area contributed by atoms with Crippen LogP contribution in [0.1, 0.15) is 37.0 Å². The summed E-state index contributed by atoms with van der Waals surface area (Å²) < 4.78 is 0. The van der Waals surface area contributed by atoms with E-state index < -0.39 is 0 Å². The van der Waals surface area contributed by atoms with E-state index in [2.05, 4.69) is 12.2 Å². The number of rotatable bonds is 5. The minimum absolute atomic E-state index is 0.0337. The molecule has 0 spiro atoms. The van der Waals surface area contributed by atoms with E-state index in [0.717, 1.165) is 23.6 Å². The first-order valence-electron chi connectivity index (χ1n) is 7.09. The predicted molar refractivity (Wildman–Crippen MR) is 83.8 cm³/mol. The Morgan fingerprint density at radius 2 is 1.90 bits per heavy atom.